The lowest BCUT2D eigenvalue weighted by Gasteiger charge is -2.32. The van der Waals surface area contributed by atoms with Crippen molar-refractivity contribution in [2.24, 2.45) is 5.92 Å². The van der Waals surface area contributed by atoms with Crippen molar-refractivity contribution in [2.75, 3.05) is 31.7 Å². The average molecular weight is 239 g/mol. The van der Waals surface area contributed by atoms with Crippen molar-refractivity contribution < 1.29 is 9.84 Å². The Morgan fingerprint density at radius 3 is 3.24 bits per heavy atom. The molecule has 1 aliphatic rings. The first-order valence-corrected chi connectivity index (χ1v) is 5.73. The maximum atomic E-state index is 11.6. The van der Waals surface area contributed by atoms with E-state index in [4.69, 9.17) is 4.74 Å². The number of aliphatic hydroxyl groups is 1. The quantitative estimate of drug-likeness (QED) is 0.775. The summed E-state index contributed by atoms with van der Waals surface area (Å²) in [5.41, 5.74) is -0.274. The topological polar surface area (TPSA) is 78.5 Å². The fourth-order valence-corrected chi connectivity index (χ4v) is 2.19. The minimum atomic E-state index is -0.274. The summed E-state index contributed by atoms with van der Waals surface area (Å²) in [6.45, 7) is 1.72. The van der Waals surface area contributed by atoms with Crippen molar-refractivity contribution in [1.82, 2.24) is 9.97 Å². The van der Waals surface area contributed by atoms with Gasteiger partial charge in [0.05, 0.1) is 13.4 Å². The van der Waals surface area contributed by atoms with Gasteiger partial charge in [-0.2, -0.15) is 0 Å². The van der Waals surface area contributed by atoms with E-state index in [9.17, 15) is 9.90 Å². The molecule has 1 aromatic heterocycles. The van der Waals surface area contributed by atoms with Crippen LogP contribution in [0.5, 0.6) is 5.75 Å². The molecule has 0 radical (unpaired) electrons. The normalized spacial score (nSPS) is 20.4. The third-order valence-corrected chi connectivity index (χ3v) is 3.07. The van der Waals surface area contributed by atoms with E-state index in [0.29, 0.717) is 12.4 Å². The molecule has 0 aliphatic carbocycles. The smallest absolute Gasteiger partial charge is 0.295 e. The Kier molecular flexibility index (Phi) is 3.63. The molecule has 2 heterocycles. The number of aliphatic hydroxyl groups excluding tert-OH is 1. The monoisotopic (exact) mass is 239 g/mol. The number of hydrogen-bond donors (Lipinski definition) is 2. The van der Waals surface area contributed by atoms with Gasteiger partial charge in [-0.1, -0.05) is 0 Å². The Hall–Kier alpha value is -1.56. The first-order valence-electron chi connectivity index (χ1n) is 5.73. The molecular weight excluding hydrogens is 222 g/mol. The average Bonchev–Trinajstić information content (AvgIpc) is 2.38. The van der Waals surface area contributed by atoms with Gasteiger partial charge in [0.25, 0.3) is 5.56 Å². The summed E-state index contributed by atoms with van der Waals surface area (Å²) in [6, 6.07) is 0. The lowest BCUT2D eigenvalue weighted by Crippen LogP contribution is -2.38. The maximum absolute atomic E-state index is 11.6. The molecule has 94 valence electrons. The van der Waals surface area contributed by atoms with E-state index < -0.39 is 0 Å². The fourth-order valence-electron chi connectivity index (χ4n) is 2.19. The molecule has 2 rings (SSSR count). The first-order chi connectivity index (χ1) is 8.26. The molecule has 0 aromatic carbocycles. The van der Waals surface area contributed by atoms with Gasteiger partial charge in [-0.3, -0.25) is 4.79 Å². The Balaban J connectivity index is 2.27. The minimum Gasteiger partial charge on any atom is -0.489 e. The number of methoxy groups -OCH3 is 1. The summed E-state index contributed by atoms with van der Waals surface area (Å²) in [5, 5.41) is 9.19. The van der Waals surface area contributed by atoms with Gasteiger partial charge in [0.1, 0.15) is 0 Å². The highest BCUT2D eigenvalue weighted by molar-refractivity contribution is 5.50. The van der Waals surface area contributed by atoms with E-state index in [1.165, 1.54) is 13.4 Å². The summed E-state index contributed by atoms with van der Waals surface area (Å²) >= 11 is 0. The van der Waals surface area contributed by atoms with Crippen LogP contribution in [-0.2, 0) is 0 Å². The molecule has 2 N–H and O–H groups in total. The molecule has 1 aliphatic heterocycles. The predicted molar refractivity (Wildman–Crippen MR) is 63.4 cm³/mol. The Morgan fingerprint density at radius 2 is 2.53 bits per heavy atom. The number of piperidine rings is 1. The molecule has 1 saturated heterocycles. The van der Waals surface area contributed by atoms with Gasteiger partial charge in [-0.05, 0) is 18.8 Å². The largest absolute Gasteiger partial charge is 0.489 e. The number of hydrogen-bond acceptors (Lipinski definition) is 5. The summed E-state index contributed by atoms with van der Waals surface area (Å²) < 4.78 is 5.09. The van der Waals surface area contributed by atoms with Crippen molar-refractivity contribution in [2.45, 2.75) is 12.8 Å². The van der Waals surface area contributed by atoms with E-state index in [-0.39, 0.29) is 23.8 Å². The van der Waals surface area contributed by atoms with Gasteiger partial charge in [0.2, 0.25) is 5.75 Å². The van der Waals surface area contributed by atoms with Gasteiger partial charge < -0.3 is 19.7 Å². The summed E-state index contributed by atoms with van der Waals surface area (Å²) in [7, 11) is 1.46. The second-order valence-electron chi connectivity index (χ2n) is 4.23. The third-order valence-electron chi connectivity index (χ3n) is 3.07. The minimum absolute atomic E-state index is 0.169. The number of nitrogens with zero attached hydrogens (tertiary/aromatic N) is 2. The van der Waals surface area contributed by atoms with Crippen LogP contribution in [0.2, 0.25) is 0 Å². The van der Waals surface area contributed by atoms with Gasteiger partial charge >= 0.3 is 0 Å². The predicted octanol–water partition coefficient (Wildman–Crippen LogP) is -0.0128. The van der Waals surface area contributed by atoms with Crippen LogP contribution >= 0.6 is 0 Å². The zero-order valence-electron chi connectivity index (χ0n) is 9.85. The van der Waals surface area contributed by atoms with E-state index >= 15 is 0 Å². The first kappa shape index (κ1) is 11.9. The SMILES string of the molecule is COc1c(N2CCCC(CO)C2)nc[nH]c1=O. The van der Waals surface area contributed by atoms with Gasteiger partial charge in [-0.15, -0.1) is 0 Å². The molecule has 1 fully saturated rings. The molecule has 1 aromatic rings. The van der Waals surface area contributed by atoms with Crippen molar-refractivity contribution in [3.8, 4) is 5.75 Å². The van der Waals surface area contributed by atoms with Gasteiger partial charge in [0, 0.05) is 19.7 Å². The highest BCUT2D eigenvalue weighted by Crippen LogP contribution is 2.26. The lowest BCUT2D eigenvalue weighted by atomic mass is 9.99. The number of nitrogens with one attached hydrogen (secondary N) is 1. The third kappa shape index (κ3) is 2.41. The Labute approximate surface area is 99.2 Å². The molecule has 17 heavy (non-hydrogen) atoms. The van der Waals surface area contributed by atoms with Crippen molar-refractivity contribution in [3.63, 3.8) is 0 Å². The van der Waals surface area contributed by atoms with Crippen LogP contribution in [0.25, 0.3) is 0 Å². The Morgan fingerprint density at radius 1 is 1.71 bits per heavy atom. The highest BCUT2D eigenvalue weighted by atomic mass is 16.5. The van der Waals surface area contributed by atoms with E-state index in [2.05, 4.69) is 9.97 Å². The van der Waals surface area contributed by atoms with E-state index in [0.717, 1.165) is 19.4 Å². The molecule has 0 bridgehead atoms. The Bertz CT molecular complexity index is 432. The summed E-state index contributed by atoms with van der Waals surface area (Å²) in [5.74, 6) is 1.05. The van der Waals surface area contributed by atoms with Crippen LogP contribution in [0.4, 0.5) is 5.82 Å². The van der Waals surface area contributed by atoms with Crippen LogP contribution in [0, 0.1) is 5.92 Å². The second-order valence-corrected chi connectivity index (χ2v) is 4.23. The zero-order chi connectivity index (χ0) is 12.3. The van der Waals surface area contributed by atoms with Crippen molar-refractivity contribution in [1.29, 1.82) is 0 Å². The van der Waals surface area contributed by atoms with Crippen LogP contribution in [0.1, 0.15) is 12.8 Å². The van der Waals surface area contributed by atoms with Crippen molar-refractivity contribution in [3.05, 3.63) is 16.7 Å². The highest BCUT2D eigenvalue weighted by Gasteiger charge is 2.23. The second kappa shape index (κ2) is 5.18. The molecule has 0 saturated carbocycles. The molecule has 0 amide bonds. The number of H-pyrrole nitrogens is 1. The standard InChI is InChI=1S/C11H17N3O3/c1-17-9-10(12-7-13-11(9)16)14-4-2-3-8(5-14)6-15/h7-8,15H,2-6H2,1H3,(H,12,13,16). The van der Waals surface area contributed by atoms with Gasteiger partial charge in [-0.25, -0.2) is 4.98 Å². The molecule has 6 heteroatoms. The number of ether oxygens (including phenoxy) is 1. The zero-order valence-corrected chi connectivity index (χ0v) is 9.85. The lowest BCUT2D eigenvalue weighted by molar-refractivity contribution is 0.208. The fraction of sp³-hybridized carbons (Fsp3) is 0.636. The van der Waals surface area contributed by atoms with Crippen LogP contribution in [-0.4, -0.2) is 41.9 Å². The number of rotatable bonds is 3. The summed E-state index contributed by atoms with van der Waals surface area (Å²) in [6.07, 6.45) is 3.38. The maximum Gasteiger partial charge on any atom is 0.295 e. The van der Waals surface area contributed by atoms with E-state index in [1.54, 1.807) is 0 Å². The molecular formula is C11H17N3O3. The number of anilines is 1. The molecule has 1 atom stereocenters. The van der Waals surface area contributed by atoms with Crippen LogP contribution in [0.3, 0.4) is 0 Å². The molecule has 1 unspecified atom stereocenters. The number of aromatic amines is 1. The van der Waals surface area contributed by atoms with E-state index in [1.807, 2.05) is 4.90 Å². The summed E-state index contributed by atoms with van der Waals surface area (Å²) in [4.78, 5) is 20.2. The van der Waals surface area contributed by atoms with Crippen LogP contribution in [0.15, 0.2) is 11.1 Å². The molecule has 0 spiro atoms. The van der Waals surface area contributed by atoms with Crippen molar-refractivity contribution >= 4 is 5.82 Å². The molecule has 6 nitrogen and oxygen atoms in total. The number of aromatic nitrogens is 2. The van der Waals surface area contributed by atoms with Gasteiger partial charge in [0.15, 0.2) is 5.82 Å². The van der Waals surface area contributed by atoms with Crippen LogP contribution < -0.4 is 15.2 Å².